The fraction of sp³-hybridized carbons (Fsp3) is 0.200. The molecule has 1 aliphatic rings. The number of nitrogens with two attached hydrogens (primary N) is 1. The van der Waals surface area contributed by atoms with E-state index in [1.54, 1.807) is 13.2 Å². The molecule has 1 unspecified atom stereocenters. The van der Waals surface area contributed by atoms with Crippen LogP contribution in [-0.2, 0) is 0 Å². The van der Waals surface area contributed by atoms with Crippen LogP contribution in [-0.4, -0.2) is 13.7 Å². The molecule has 0 amide bonds. The van der Waals surface area contributed by atoms with Crippen molar-refractivity contribution in [2.75, 3.05) is 24.8 Å². The van der Waals surface area contributed by atoms with Gasteiger partial charge < -0.3 is 20.5 Å². The maximum Gasteiger partial charge on any atom is 0.124 e. The molecule has 1 atom stereocenters. The first-order valence-electron chi connectivity index (χ1n) is 6.19. The minimum absolute atomic E-state index is 0.141. The maximum absolute atomic E-state index is 5.85. The first kappa shape index (κ1) is 11.7. The van der Waals surface area contributed by atoms with Gasteiger partial charge in [0.2, 0.25) is 0 Å². The summed E-state index contributed by atoms with van der Waals surface area (Å²) in [5.74, 6) is 1.69. The zero-order valence-electron chi connectivity index (χ0n) is 10.7. The highest BCUT2D eigenvalue weighted by Crippen LogP contribution is 2.35. The van der Waals surface area contributed by atoms with E-state index in [1.807, 2.05) is 30.3 Å². The molecule has 0 spiro atoms. The van der Waals surface area contributed by atoms with Gasteiger partial charge in [0.15, 0.2) is 0 Å². The van der Waals surface area contributed by atoms with Crippen LogP contribution in [0.5, 0.6) is 11.5 Å². The van der Waals surface area contributed by atoms with Crippen molar-refractivity contribution in [3.8, 4) is 11.5 Å². The third-order valence-corrected chi connectivity index (χ3v) is 3.21. The lowest BCUT2D eigenvalue weighted by Crippen LogP contribution is -2.12. The molecule has 98 valence electrons. The molecule has 3 rings (SSSR count). The Morgan fingerprint density at radius 3 is 2.95 bits per heavy atom. The zero-order valence-corrected chi connectivity index (χ0v) is 10.7. The van der Waals surface area contributed by atoms with E-state index < -0.39 is 0 Å². The molecular formula is C15H16N2O2. The van der Waals surface area contributed by atoms with Crippen LogP contribution < -0.4 is 20.5 Å². The Hall–Kier alpha value is -2.36. The zero-order chi connectivity index (χ0) is 13.2. The minimum atomic E-state index is 0.141. The number of rotatable bonds is 3. The van der Waals surface area contributed by atoms with Crippen LogP contribution in [0.25, 0.3) is 0 Å². The number of anilines is 2. The second kappa shape index (κ2) is 4.72. The standard InChI is InChI=1S/C15H16N2O2/c1-18-12-7-10(16)6-11(8-12)17-14-9-19-15-5-3-2-4-13(14)15/h2-8,14,17H,9,16H2,1H3. The fourth-order valence-electron chi connectivity index (χ4n) is 2.31. The number of hydrogen-bond donors (Lipinski definition) is 2. The van der Waals surface area contributed by atoms with E-state index >= 15 is 0 Å². The summed E-state index contributed by atoms with van der Waals surface area (Å²) >= 11 is 0. The highest BCUT2D eigenvalue weighted by molar-refractivity contribution is 5.60. The number of benzene rings is 2. The highest BCUT2D eigenvalue weighted by Gasteiger charge is 2.23. The molecule has 1 aliphatic heterocycles. The van der Waals surface area contributed by atoms with Gasteiger partial charge in [-0.1, -0.05) is 18.2 Å². The van der Waals surface area contributed by atoms with E-state index in [2.05, 4.69) is 11.4 Å². The molecule has 1 heterocycles. The van der Waals surface area contributed by atoms with Gasteiger partial charge >= 0.3 is 0 Å². The predicted octanol–water partition coefficient (Wildman–Crippen LogP) is 2.82. The number of hydrogen-bond acceptors (Lipinski definition) is 4. The van der Waals surface area contributed by atoms with Crippen molar-refractivity contribution in [2.45, 2.75) is 6.04 Å². The molecule has 0 saturated carbocycles. The van der Waals surface area contributed by atoms with Crippen molar-refractivity contribution >= 4 is 11.4 Å². The average molecular weight is 256 g/mol. The number of nitrogens with one attached hydrogen (secondary N) is 1. The molecule has 0 saturated heterocycles. The molecule has 0 aliphatic carbocycles. The molecule has 4 nitrogen and oxygen atoms in total. The summed E-state index contributed by atoms with van der Waals surface area (Å²) < 4.78 is 10.9. The Kier molecular flexibility index (Phi) is 2.91. The maximum atomic E-state index is 5.85. The second-order valence-corrected chi connectivity index (χ2v) is 4.54. The van der Waals surface area contributed by atoms with Gasteiger partial charge in [0.25, 0.3) is 0 Å². The van der Waals surface area contributed by atoms with E-state index in [1.165, 1.54) is 5.56 Å². The van der Waals surface area contributed by atoms with Crippen molar-refractivity contribution in [1.29, 1.82) is 0 Å². The third-order valence-electron chi connectivity index (χ3n) is 3.21. The predicted molar refractivity (Wildman–Crippen MR) is 75.7 cm³/mol. The average Bonchev–Trinajstić information content (AvgIpc) is 2.82. The Morgan fingerprint density at radius 2 is 2.11 bits per heavy atom. The van der Waals surface area contributed by atoms with Crippen molar-refractivity contribution < 1.29 is 9.47 Å². The lowest BCUT2D eigenvalue weighted by atomic mass is 10.1. The van der Waals surface area contributed by atoms with Gasteiger partial charge in [-0.05, 0) is 12.1 Å². The monoisotopic (exact) mass is 256 g/mol. The Bertz CT molecular complexity index is 598. The summed E-state index contributed by atoms with van der Waals surface area (Å²) in [5.41, 5.74) is 8.63. The fourth-order valence-corrected chi connectivity index (χ4v) is 2.31. The third kappa shape index (κ3) is 2.29. The number of ether oxygens (including phenoxy) is 2. The minimum Gasteiger partial charge on any atom is -0.497 e. The lowest BCUT2D eigenvalue weighted by molar-refractivity contribution is 0.340. The smallest absolute Gasteiger partial charge is 0.124 e. The van der Waals surface area contributed by atoms with Crippen LogP contribution in [0.2, 0.25) is 0 Å². The van der Waals surface area contributed by atoms with Crippen LogP contribution in [0.15, 0.2) is 42.5 Å². The molecule has 0 radical (unpaired) electrons. The van der Waals surface area contributed by atoms with Gasteiger partial charge in [0, 0.05) is 29.1 Å². The summed E-state index contributed by atoms with van der Waals surface area (Å²) in [7, 11) is 1.63. The number of para-hydroxylation sites is 1. The molecule has 19 heavy (non-hydrogen) atoms. The number of methoxy groups -OCH3 is 1. The Balaban J connectivity index is 1.85. The number of fused-ring (bicyclic) bond motifs is 1. The largest absolute Gasteiger partial charge is 0.497 e. The van der Waals surface area contributed by atoms with Crippen LogP contribution >= 0.6 is 0 Å². The lowest BCUT2D eigenvalue weighted by Gasteiger charge is -2.14. The van der Waals surface area contributed by atoms with Gasteiger partial charge in [0.05, 0.1) is 13.2 Å². The summed E-state index contributed by atoms with van der Waals surface area (Å²) in [4.78, 5) is 0. The van der Waals surface area contributed by atoms with E-state index in [9.17, 15) is 0 Å². The summed E-state index contributed by atoms with van der Waals surface area (Å²) in [6, 6.07) is 13.8. The van der Waals surface area contributed by atoms with E-state index in [0.717, 1.165) is 17.2 Å². The van der Waals surface area contributed by atoms with Gasteiger partial charge in [0.1, 0.15) is 18.1 Å². The Labute approximate surface area is 112 Å². The van der Waals surface area contributed by atoms with E-state index in [-0.39, 0.29) is 6.04 Å². The molecular weight excluding hydrogens is 240 g/mol. The van der Waals surface area contributed by atoms with Gasteiger partial charge in [-0.3, -0.25) is 0 Å². The van der Waals surface area contributed by atoms with E-state index in [4.69, 9.17) is 15.2 Å². The molecule has 0 fully saturated rings. The van der Waals surface area contributed by atoms with Crippen molar-refractivity contribution in [3.63, 3.8) is 0 Å². The van der Waals surface area contributed by atoms with Gasteiger partial charge in [-0.15, -0.1) is 0 Å². The normalized spacial score (nSPS) is 16.6. The van der Waals surface area contributed by atoms with Crippen LogP contribution in [0.3, 0.4) is 0 Å². The molecule has 3 N–H and O–H groups in total. The topological polar surface area (TPSA) is 56.5 Å². The molecule has 0 aromatic heterocycles. The summed E-state index contributed by atoms with van der Waals surface area (Å²) in [6.07, 6.45) is 0. The summed E-state index contributed by atoms with van der Waals surface area (Å²) in [5, 5.41) is 3.43. The highest BCUT2D eigenvalue weighted by atomic mass is 16.5. The van der Waals surface area contributed by atoms with Crippen LogP contribution in [0.4, 0.5) is 11.4 Å². The molecule has 4 heteroatoms. The molecule has 2 aromatic carbocycles. The number of nitrogen functional groups attached to an aromatic ring is 1. The van der Waals surface area contributed by atoms with Crippen LogP contribution in [0, 0.1) is 0 Å². The first-order valence-corrected chi connectivity index (χ1v) is 6.19. The first-order chi connectivity index (χ1) is 9.26. The SMILES string of the molecule is COc1cc(N)cc(NC2COc3ccccc32)c1. The quantitative estimate of drug-likeness (QED) is 0.829. The summed E-state index contributed by atoms with van der Waals surface area (Å²) in [6.45, 7) is 0.621. The molecule has 0 bridgehead atoms. The Morgan fingerprint density at radius 1 is 1.26 bits per heavy atom. The molecule has 2 aromatic rings. The van der Waals surface area contributed by atoms with Gasteiger partial charge in [-0.2, -0.15) is 0 Å². The van der Waals surface area contributed by atoms with Crippen molar-refractivity contribution in [2.24, 2.45) is 0 Å². The second-order valence-electron chi connectivity index (χ2n) is 4.54. The van der Waals surface area contributed by atoms with Crippen LogP contribution in [0.1, 0.15) is 11.6 Å². The van der Waals surface area contributed by atoms with Crippen molar-refractivity contribution in [3.05, 3.63) is 48.0 Å². The van der Waals surface area contributed by atoms with Crippen molar-refractivity contribution in [1.82, 2.24) is 0 Å². The van der Waals surface area contributed by atoms with E-state index in [0.29, 0.717) is 12.3 Å². The van der Waals surface area contributed by atoms with Gasteiger partial charge in [-0.25, -0.2) is 0 Å².